The molecule has 3 heterocycles. The van der Waals surface area contributed by atoms with Gasteiger partial charge in [0.05, 0.1) is 56.8 Å². The van der Waals surface area contributed by atoms with E-state index in [-0.39, 0.29) is 19.0 Å². The van der Waals surface area contributed by atoms with Crippen molar-refractivity contribution in [2.24, 2.45) is 0 Å². The summed E-state index contributed by atoms with van der Waals surface area (Å²) < 4.78 is 19.6. The molecule has 0 aliphatic carbocycles. The first-order valence-electron chi connectivity index (χ1n) is 22.9. The fourth-order valence-corrected chi connectivity index (χ4v) is 7.08. The number of aromatic amines is 2. The lowest BCUT2D eigenvalue weighted by Gasteiger charge is -2.27. The maximum Gasteiger partial charge on any atom is 0.407 e. The lowest BCUT2D eigenvalue weighted by atomic mass is 9.92. The maximum absolute atomic E-state index is 13.8. The van der Waals surface area contributed by atoms with Gasteiger partial charge in [-0.05, 0) is 78.7 Å². The Kier molecular flexibility index (Phi) is 26.2. The minimum Gasteiger partial charge on any atom is -0.488 e. The molecule has 6 aromatic rings. The van der Waals surface area contributed by atoms with Gasteiger partial charge >= 0.3 is 12.2 Å². The van der Waals surface area contributed by atoms with Crippen LogP contribution in [-0.4, -0.2) is 109 Å². The standard InChI is InChI=1S/C41H45N7O4.C4H7NO3.C3H8.C2H6O.2C2H2/c1-6-17-48(40(49)38(46-41(50)51-5)26-11-9-8-10-12-26)23-36-42-21-34(44-36)28-13-15-30-29(18-28)24-52-35-20-31-27(19-32(30)35)14-16-33-39(31)45-37(43-33)22-47(4)25(3)7-2;1-8-4(7)5-2-3-6;2*1-3-2;2*1-2/h8-16,18-21,25,38H,6-7,17,22-24H2,1-5H3,(H,42,44)(H,43,45)(H,46,50);3H,2H2,1H3,(H,5,7);3H2,1-2H3;1-2H3;2*1-2H/t25-,38+;;;;;/m0...../s1. The van der Waals surface area contributed by atoms with Crippen LogP contribution in [0.15, 0.2) is 79.0 Å². The molecule has 0 spiro atoms. The number of alkyl carbamates (subject to hydrolysis) is 2. The monoisotopic (exact) mass is 959 g/mol. The molecule has 0 unspecified atom stereocenters. The van der Waals surface area contributed by atoms with Gasteiger partial charge in [-0.2, -0.15) is 0 Å². The van der Waals surface area contributed by atoms with E-state index in [9.17, 15) is 19.2 Å². The Bertz CT molecular complexity index is 2580. The van der Waals surface area contributed by atoms with Gasteiger partial charge in [0.2, 0.25) is 5.91 Å². The number of hydrogen-bond acceptors (Lipinski definition) is 11. The number of carbonyl (C=O) groups is 4. The molecule has 0 fully saturated rings. The zero-order chi connectivity index (χ0) is 52.2. The van der Waals surface area contributed by atoms with Crippen LogP contribution in [0, 0.1) is 25.7 Å². The first-order chi connectivity index (χ1) is 33.9. The number of aromatic nitrogens is 4. The van der Waals surface area contributed by atoms with E-state index in [1.165, 1.54) is 20.6 Å². The number of benzene rings is 4. The summed E-state index contributed by atoms with van der Waals surface area (Å²) in [5, 5.41) is 7.04. The van der Waals surface area contributed by atoms with Crippen LogP contribution in [-0.2, 0) is 43.5 Å². The fourth-order valence-electron chi connectivity index (χ4n) is 7.08. The molecule has 0 saturated carbocycles. The zero-order valence-electron chi connectivity index (χ0n) is 42.3. The second-order valence-corrected chi connectivity index (χ2v) is 15.7. The first-order valence-corrected chi connectivity index (χ1v) is 22.9. The van der Waals surface area contributed by atoms with Crippen molar-refractivity contribution in [3.8, 4) is 53.8 Å². The summed E-state index contributed by atoms with van der Waals surface area (Å²) in [4.78, 5) is 66.3. The molecule has 374 valence electrons. The number of terminal acetylenes is 2. The highest BCUT2D eigenvalue weighted by Crippen LogP contribution is 2.42. The third-order valence-corrected chi connectivity index (χ3v) is 10.6. The largest absolute Gasteiger partial charge is 0.488 e. The van der Waals surface area contributed by atoms with Crippen molar-refractivity contribution in [3.63, 3.8) is 0 Å². The van der Waals surface area contributed by atoms with Gasteiger partial charge in [0.15, 0.2) is 0 Å². The van der Waals surface area contributed by atoms with Crippen LogP contribution in [0.3, 0.4) is 0 Å². The van der Waals surface area contributed by atoms with Crippen molar-refractivity contribution in [2.45, 2.75) is 85.7 Å². The predicted molar refractivity (Wildman–Crippen MR) is 278 cm³/mol. The molecule has 70 heavy (non-hydrogen) atoms. The second-order valence-electron chi connectivity index (χ2n) is 15.7. The van der Waals surface area contributed by atoms with E-state index in [4.69, 9.17) is 14.5 Å². The smallest absolute Gasteiger partial charge is 0.407 e. The number of nitrogens with one attached hydrogen (secondary N) is 4. The van der Waals surface area contributed by atoms with E-state index in [0.717, 1.165) is 80.7 Å². The number of carbonyl (C=O) groups excluding carboxylic acids is 4. The average molecular weight is 959 g/mol. The number of ether oxygens (including phenoxy) is 4. The summed E-state index contributed by atoms with van der Waals surface area (Å²) >= 11 is 0. The Balaban J connectivity index is 0.000000810. The number of imidazole rings is 2. The van der Waals surface area contributed by atoms with Crippen molar-refractivity contribution < 1.29 is 38.1 Å². The van der Waals surface area contributed by atoms with Gasteiger partial charge in [-0.25, -0.2) is 19.6 Å². The lowest BCUT2D eigenvalue weighted by Crippen LogP contribution is -2.43. The summed E-state index contributed by atoms with van der Waals surface area (Å²) in [6.07, 6.45) is 20.2. The molecule has 2 atom stereocenters. The summed E-state index contributed by atoms with van der Waals surface area (Å²) in [6.45, 7) is 12.7. The van der Waals surface area contributed by atoms with Crippen LogP contribution in [0.4, 0.5) is 9.59 Å². The normalized spacial score (nSPS) is 11.4. The summed E-state index contributed by atoms with van der Waals surface area (Å²) in [6, 6.07) is 23.7. The summed E-state index contributed by atoms with van der Waals surface area (Å²) in [7, 11) is 7.91. The van der Waals surface area contributed by atoms with Crippen molar-refractivity contribution in [3.05, 3.63) is 102 Å². The molecule has 3 amide bonds. The molecule has 16 heteroatoms. The Labute approximate surface area is 413 Å². The predicted octanol–water partition coefficient (Wildman–Crippen LogP) is 9.45. The minimum atomic E-state index is -0.889. The molecule has 0 saturated heterocycles. The van der Waals surface area contributed by atoms with Crippen molar-refractivity contribution in [1.82, 2.24) is 40.4 Å². The highest BCUT2D eigenvalue weighted by atomic mass is 16.5. The Morgan fingerprint density at radius 1 is 0.857 bits per heavy atom. The third kappa shape index (κ3) is 16.5. The molecule has 0 radical (unpaired) electrons. The van der Waals surface area contributed by atoms with Crippen LogP contribution in [0.5, 0.6) is 5.75 Å². The minimum absolute atomic E-state index is 0.00662. The number of amides is 3. The molecule has 4 aromatic carbocycles. The van der Waals surface area contributed by atoms with E-state index in [0.29, 0.717) is 36.9 Å². The SMILES string of the molecule is C#C.C#C.CCC.CCCN(Cc1ncc(-c2ccc3c(c2)COc2cc4c(ccc5[nH]c(CN(C)[C@@H](C)CC)nc54)cc2-3)[nH]1)C(=O)[C@H](NC(=O)OC)c1ccccc1.COC.COC(=O)NCC=O. The lowest BCUT2D eigenvalue weighted by molar-refractivity contribution is -0.134. The van der Waals surface area contributed by atoms with Gasteiger partial charge in [-0.1, -0.05) is 82.6 Å². The maximum atomic E-state index is 13.8. The quantitative estimate of drug-likeness (QED) is 0.0600. The number of aldehydes is 1. The molecule has 4 N–H and O–H groups in total. The molecule has 7 rings (SSSR count). The average Bonchev–Trinajstić information content (AvgIpc) is 4.05. The number of fused-ring (bicyclic) bond motifs is 6. The number of H-pyrrole nitrogens is 2. The number of methoxy groups -OCH3 is 3. The first kappa shape index (κ1) is 58.5. The highest BCUT2D eigenvalue weighted by Gasteiger charge is 2.28. The molecular weight excluding hydrogens is 889 g/mol. The van der Waals surface area contributed by atoms with Crippen LogP contribution in [0.2, 0.25) is 0 Å². The van der Waals surface area contributed by atoms with E-state index in [1.54, 1.807) is 25.3 Å². The molecular formula is C54H70N8O8. The molecule has 0 bridgehead atoms. The van der Waals surface area contributed by atoms with Crippen LogP contribution in [0.1, 0.15) is 82.7 Å². The number of hydrogen-bond donors (Lipinski definition) is 4. The van der Waals surface area contributed by atoms with Crippen LogP contribution in [0.25, 0.3) is 44.2 Å². The number of rotatable bonds is 14. The second kappa shape index (κ2) is 31.4. The van der Waals surface area contributed by atoms with Crippen LogP contribution >= 0.6 is 0 Å². The highest BCUT2D eigenvalue weighted by molar-refractivity contribution is 6.07. The third-order valence-electron chi connectivity index (χ3n) is 10.6. The van der Waals surface area contributed by atoms with E-state index in [2.05, 4.69) is 143 Å². The van der Waals surface area contributed by atoms with Gasteiger partial charge in [-0.15, -0.1) is 25.7 Å². The molecule has 1 aliphatic rings. The van der Waals surface area contributed by atoms with Gasteiger partial charge in [0, 0.05) is 37.8 Å². The van der Waals surface area contributed by atoms with E-state index in [1.807, 2.05) is 37.3 Å². The fraction of sp³-hybridized carbons (Fsp3) is 0.370. The van der Waals surface area contributed by atoms with Gasteiger partial charge in [-0.3, -0.25) is 9.69 Å². The molecule has 1 aliphatic heterocycles. The van der Waals surface area contributed by atoms with Crippen molar-refractivity contribution in [2.75, 3.05) is 48.6 Å². The van der Waals surface area contributed by atoms with Crippen LogP contribution < -0.4 is 15.4 Å². The van der Waals surface area contributed by atoms with E-state index < -0.39 is 18.2 Å². The Morgan fingerprint density at radius 2 is 1.53 bits per heavy atom. The summed E-state index contributed by atoms with van der Waals surface area (Å²) in [5.74, 6) is 2.21. The van der Waals surface area contributed by atoms with E-state index >= 15 is 0 Å². The Morgan fingerprint density at radius 3 is 2.14 bits per heavy atom. The van der Waals surface area contributed by atoms with Crippen molar-refractivity contribution >= 4 is 46.2 Å². The molecule has 16 nitrogen and oxygen atoms in total. The van der Waals surface area contributed by atoms with Crippen molar-refractivity contribution in [1.29, 1.82) is 0 Å². The van der Waals surface area contributed by atoms with Gasteiger partial charge < -0.3 is 49.2 Å². The number of nitrogens with zero attached hydrogens (tertiary/aromatic N) is 4. The van der Waals surface area contributed by atoms with Gasteiger partial charge in [0.25, 0.3) is 0 Å². The Hall–Kier alpha value is -7.66. The summed E-state index contributed by atoms with van der Waals surface area (Å²) in [5.41, 5.74) is 7.75. The topological polar surface area (TPSA) is 193 Å². The van der Waals surface area contributed by atoms with Gasteiger partial charge in [0.1, 0.15) is 36.3 Å². The molecule has 2 aromatic heterocycles. The zero-order valence-corrected chi connectivity index (χ0v) is 42.3.